The summed E-state index contributed by atoms with van der Waals surface area (Å²) in [4.78, 5) is 11.6. The van der Waals surface area contributed by atoms with Crippen molar-refractivity contribution in [3.8, 4) is 0 Å². The lowest BCUT2D eigenvalue weighted by atomic mass is 10.1. The van der Waals surface area contributed by atoms with Crippen molar-refractivity contribution in [2.24, 2.45) is 5.92 Å². The number of esters is 1. The number of methoxy groups -OCH3 is 1. The second-order valence-corrected chi connectivity index (χ2v) is 4.17. The normalized spacial score (nSPS) is 12.5. The van der Waals surface area contributed by atoms with E-state index in [9.17, 15) is 4.79 Å². The van der Waals surface area contributed by atoms with Gasteiger partial charge in [0.05, 0.1) is 7.11 Å². The number of nitrogens with one attached hydrogen (secondary N) is 1. The van der Waals surface area contributed by atoms with Crippen LogP contribution in [0.25, 0.3) is 0 Å². The quantitative estimate of drug-likeness (QED) is 0.774. The highest BCUT2D eigenvalue weighted by atomic mass is 16.5. The maximum Gasteiger partial charge on any atom is 0.327 e. The molecule has 0 saturated heterocycles. The minimum Gasteiger partial charge on any atom is -0.468 e. The summed E-state index contributed by atoms with van der Waals surface area (Å²) in [6, 6.07) is 9.25. The predicted molar refractivity (Wildman–Crippen MR) is 64.0 cm³/mol. The molecular weight excluding hydrogens is 202 g/mol. The lowest BCUT2D eigenvalue weighted by Crippen LogP contribution is -2.32. The zero-order valence-electron chi connectivity index (χ0n) is 10.1. The zero-order chi connectivity index (χ0) is 12.0. The van der Waals surface area contributed by atoms with Crippen LogP contribution in [-0.4, -0.2) is 19.6 Å². The van der Waals surface area contributed by atoms with Crippen molar-refractivity contribution in [1.29, 1.82) is 0 Å². The predicted octanol–water partition coefficient (Wildman–Crippen LogP) is 2.15. The van der Waals surface area contributed by atoms with Crippen molar-refractivity contribution in [1.82, 2.24) is 5.32 Å². The van der Waals surface area contributed by atoms with E-state index in [4.69, 9.17) is 4.74 Å². The van der Waals surface area contributed by atoms with Crippen LogP contribution in [0.4, 0.5) is 0 Å². The summed E-state index contributed by atoms with van der Waals surface area (Å²) in [5.41, 5.74) is 0.940. The van der Waals surface area contributed by atoms with Gasteiger partial charge in [0.25, 0.3) is 0 Å². The molecule has 1 aromatic carbocycles. The molecule has 16 heavy (non-hydrogen) atoms. The van der Waals surface area contributed by atoms with Gasteiger partial charge >= 0.3 is 5.97 Å². The molecule has 0 radical (unpaired) electrons. The maximum absolute atomic E-state index is 11.6. The molecule has 0 bridgehead atoms. The Bertz CT molecular complexity index is 322. The van der Waals surface area contributed by atoms with Crippen LogP contribution >= 0.6 is 0 Å². The summed E-state index contributed by atoms with van der Waals surface area (Å²) in [6.45, 7) is 4.99. The molecule has 3 heteroatoms. The van der Waals surface area contributed by atoms with Crippen molar-refractivity contribution in [3.05, 3.63) is 35.9 Å². The van der Waals surface area contributed by atoms with E-state index in [0.29, 0.717) is 5.92 Å². The molecule has 0 aliphatic carbocycles. The van der Waals surface area contributed by atoms with Crippen LogP contribution in [0.1, 0.15) is 25.5 Å². The summed E-state index contributed by atoms with van der Waals surface area (Å²) >= 11 is 0. The molecule has 88 valence electrons. The molecule has 0 fully saturated rings. The lowest BCUT2D eigenvalue weighted by Gasteiger charge is -2.18. The molecule has 0 aliphatic rings. The van der Waals surface area contributed by atoms with Crippen LogP contribution < -0.4 is 5.32 Å². The third-order valence-corrected chi connectivity index (χ3v) is 2.30. The molecular formula is C13H19NO2. The highest BCUT2D eigenvalue weighted by Gasteiger charge is 2.20. The molecule has 1 N–H and O–H groups in total. The molecule has 0 spiro atoms. The van der Waals surface area contributed by atoms with Crippen molar-refractivity contribution in [3.63, 3.8) is 0 Å². The molecule has 1 rings (SSSR count). The number of carbonyl (C=O) groups excluding carboxylic acids is 1. The Labute approximate surface area is 96.8 Å². The highest BCUT2D eigenvalue weighted by molar-refractivity contribution is 5.77. The molecule has 0 amide bonds. The second kappa shape index (κ2) is 6.28. The van der Waals surface area contributed by atoms with Gasteiger partial charge in [-0.3, -0.25) is 0 Å². The van der Waals surface area contributed by atoms with Gasteiger partial charge < -0.3 is 10.1 Å². The molecule has 1 atom stereocenters. The molecule has 0 aromatic heterocycles. The first kappa shape index (κ1) is 12.7. The first-order valence-corrected chi connectivity index (χ1v) is 5.51. The Hall–Kier alpha value is -1.35. The van der Waals surface area contributed by atoms with E-state index in [-0.39, 0.29) is 12.0 Å². The van der Waals surface area contributed by atoms with Crippen LogP contribution in [-0.2, 0) is 9.53 Å². The molecule has 1 unspecified atom stereocenters. The monoisotopic (exact) mass is 221 g/mol. The van der Waals surface area contributed by atoms with Gasteiger partial charge in [-0.1, -0.05) is 44.2 Å². The van der Waals surface area contributed by atoms with Crippen molar-refractivity contribution in [2.75, 3.05) is 13.7 Å². The zero-order valence-corrected chi connectivity index (χ0v) is 10.1. The van der Waals surface area contributed by atoms with E-state index in [2.05, 4.69) is 19.2 Å². The fraction of sp³-hybridized carbons (Fsp3) is 0.462. The van der Waals surface area contributed by atoms with Crippen LogP contribution in [0.15, 0.2) is 30.3 Å². The van der Waals surface area contributed by atoms with Gasteiger partial charge in [-0.05, 0) is 18.0 Å². The summed E-state index contributed by atoms with van der Waals surface area (Å²) < 4.78 is 4.80. The van der Waals surface area contributed by atoms with Gasteiger partial charge in [-0.2, -0.15) is 0 Å². The van der Waals surface area contributed by atoms with Crippen molar-refractivity contribution < 1.29 is 9.53 Å². The van der Waals surface area contributed by atoms with Crippen LogP contribution in [0, 0.1) is 5.92 Å². The van der Waals surface area contributed by atoms with Crippen LogP contribution in [0.3, 0.4) is 0 Å². The van der Waals surface area contributed by atoms with Crippen LogP contribution in [0.2, 0.25) is 0 Å². The number of benzene rings is 1. The first-order chi connectivity index (χ1) is 7.65. The Morgan fingerprint density at radius 2 is 1.94 bits per heavy atom. The standard InChI is InChI=1S/C13H19NO2/c1-10(2)9-14-12(13(15)16-3)11-7-5-4-6-8-11/h4-8,10,12,14H,9H2,1-3H3. The SMILES string of the molecule is COC(=O)C(NCC(C)C)c1ccccc1. The molecule has 3 nitrogen and oxygen atoms in total. The van der Waals surface area contributed by atoms with E-state index in [1.54, 1.807) is 0 Å². The Kier molecular flexibility index (Phi) is 4.99. The van der Waals surface area contributed by atoms with Gasteiger partial charge in [-0.15, -0.1) is 0 Å². The number of carbonyl (C=O) groups is 1. The lowest BCUT2D eigenvalue weighted by molar-refractivity contribution is -0.143. The van der Waals surface area contributed by atoms with E-state index >= 15 is 0 Å². The van der Waals surface area contributed by atoms with E-state index in [0.717, 1.165) is 12.1 Å². The topological polar surface area (TPSA) is 38.3 Å². The molecule has 1 aromatic rings. The second-order valence-electron chi connectivity index (χ2n) is 4.17. The fourth-order valence-electron chi connectivity index (χ4n) is 1.45. The molecule has 0 saturated carbocycles. The third kappa shape index (κ3) is 3.66. The van der Waals surface area contributed by atoms with Crippen molar-refractivity contribution in [2.45, 2.75) is 19.9 Å². The van der Waals surface area contributed by atoms with Gasteiger partial charge in [0.15, 0.2) is 0 Å². The third-order valence-electron chi connectivity index (χ3n) is 2.30. The molecule has 0 aliphatic heterocycles. The molecule has 0 heterocycles. The number of rotatable bonds is 5. The first-order valence-electron chi connectivity index (χ1n) is 5.51. The van der Waals surface area contributed by atoms with Gasteiger partial charge in [-0.25, -0.2) is 4.79 Å². The smallest absolute Gasteiger partial charge is 0.327 e. The maximum atomic E-state index is 11.6. The number of ether oxygens (including phenoxy) is 1. The summed E-state index contributed by atoms with van der Waals surface area (Å²) in [7, 11) is 1.41. The Morgan fingerprint density at radius 3 is 2.44 bits per heavy atom. The largest absolute Gasteiger partial charge is 0.468 e. The van der Waals surface area contributed by atoms with Crippen LogP contribution in [0.5, 0.6) is 0 Å². The minimum atomic E-state index is -0.367. The Morgan fingerprint density at radius 1 is 1.31 bits per heavy atom. The van der Waals surface area contributed by atoms with Gasteiger partial charge in [0, 0.05) is 0 Å². The Balaban J connectivity index is 2.76. The number of hydrogen-bond acceptors (Lipinski definition) is 3. The average molecular weight is 221 g/mol. The average Bonchev–Trinajstić information content (AvgIpc) is 2.30. The number of hydrogen-bond donors (Lipinski definition) is 1. The van der Waals surface area contributed by atoms with Gasteiger partial charge in [0.2, 0.25) is 0 Å². The minimum absolute atomic E-state index is 0.244. The van der Waals surface area contributed by atoms with Crippen molar-refractivity contribution >= 4 is 5.97 Å². The fourth-order valence-corrected chi connectivity index (χ4v) is 1.45. The summed E-state index contributed by atoms with van der Waals surface area (Å²) in [6.07, 6.45) is 0. The van der Waals surface area contributed by atoms with E-state index in [1.165, 1.54) is 7.11 Å². The highest BCUT2D eigenvalue weighted by Crippen LogP contribution is 2.14. The van der Waals surface area contributed by atoms with E-state index in [1.807, 2.05) is 30.3 Å². The summed E-state index contributed by atoms with van der Waals surface area (Å²) in [5, 5.41) is 3.21. The van der Waals surface area contributed by atoms with Gasteiger partial charge in [0.1, 0.15) is 6.04 Å². The summed E-state index contributed by atoms with van der Waals surface area (Å²) in [5.74, 6) is 0.253. The van der Waals surface area contributed by atoms with E-state index < -0.39 is 0 Å².